The summed E-state index contributed by atoms with van der Waals surface area (Å²) in [5.41, 5.74) is 0. The van der Waals surface area contributed by atoms with Crippen molar-refractivity contribution in [1.82, 2.24) is 9.80 Å². The summed E-state index contributed by atoms with van der Waals surface area (Å²) in [5, 5.41) is 0. The summed E-state index contributed by atoms with van der Waals surface area (Å²) in [6.45, 7) is 9.39. The van der Waals surface area contributed by atoms with Gasteiger partial charge in [0.05, 0.1) is 0 Å². The Labute approximate surface area is 64.8 Å². The quantitative estimate of drug-likeness (QED) is 0.531. The Morgan fingerprint density at radius 2 is 1.60 bits per heavy atom. The SMILES string of the molecule is CCN(C)C.CCN1CC1. The zero-order valence-electron chi connectivity index (χ0n) is 7.72. The van der Waals surface area contributed by atoms with Crippen molar-refractivity contribution in [3.8, 4) is 0 Å². The molecule has 2 heteroatoms. The van der Waals surface area contributed by atoms with Gasteiger partial charge in [-0.2, -0.15) is 0 Å². The molecule has 1 aliphatic heterocycles. The highest BCUT2D eigenvalue weighted by Gasteiger charge is 2.12. The van der Waals surface area contributed by atoms with E-state index in [2.05, 4.69) is 37.7 Å². The molecule has 0 aromatic heterocycles. The smallest absolute Gasteiger partial charge is 0.0110 e. The molecule has 1 aliphatic rings. The predicted octanol–water partition coefficient (Wildman–Crippen LogP) is 0.890. The number of hydrogen-bond donors (Lipinski definition) is 0. The van der Waals surface area contributed by atoms with Gasteiger partial charge >= 0.3 is 0 Å². The lowest BCUT2D eigenvalue weighted by Crippen LogP contribution is -2.08. The molecule has 1 heterocycles. The van der Waals surface area contributed by atoms with Gasteiger partial charge in [0.2, 0.25) is 0 Å². The van der Waals surface area contributed by atoms with E-state index in [1.807, 2.05) is 0 Å². The van der Waals surface area contributed by atoms with Gasteiger partial charge < -0.3 is 9.80 Å². The van der Waals surface area contributed by atoms with Crippen molar-refractivity contribution in [3.05, 3.63) is 0 Å². The van der Waals surface area contributed by atoms with Crippen molar-refractivity contribution >= 4 is 0 Å². The molecule has 0 N–H and O–H groups in total. The maximum atomic E-state index is 2.38. The van der Waals surface area contributed by atoms with Crippen molar-refractivity contribution in [3.63, 3.8) is 0 Å². The molecule has 0 aromatic carbocycles. The van der Waals surface area contributed by atoms with Gasteiger partial charge in [-0.25, -0.2) is 0 Å². The summed E-state index contributed by atoms with van der Waals surface area (Å²) >= 11 is 0. The Hall–Kier alpha value is -0.0800. The number of nitrogens with zero attached hydrogens (tertiary/aromatic N) is 2. The summed E-state index contributed by atoms with van der Waals surface area (Å²) in [6.07, 6.45) is 0. The summed E-state index contributed by atoms with van der Waals surface area (Å²) in [5.74, 6) is 0. The lowest BCUT2D eigenvalue weighted by Gasteiger charge is -2.00. The summed E-state index contributed by atoms with van der Waals surface area (Å²) in [7, 11) is 4.11. The van der Waals surface area contributed by atoms with Crippen LogP contribution in [0.15, 0.2) is 0 Å². The molecule has 1 rings (SSSR count). The van der Waals surface area contributed by atoms with Crippen LogP contribution in [0.2, 0.25) is 0 Å². The predicted molar refractivity (Wildman–Crippen MR) is 46.3 cm³/mol. The van der Waals surface area contributed by atoms with Gasteiger partial charge in [0.15, 0.2) is 0 Å². The van der Waals surface area contributed by atoms with Gasteiger partial charge in [-0.05, 0) is 27.2 Å². The van der Waals surface area contributed by atoms with E-state index in [4.69, 9.17) is 0 Å². The van der Waals surface area contributed by atoms with Crippen LogP contribution in [0.1, 0.15) is 13.8 Å². The Balaban J connectivity index is 0.000000162. The van der Waals surface area contributed by atoms with Crippen LogP contribution in [0.3, 0.4) is 0 Å². The highest BCUT2D eigenvalue weighted by molar-refractivity contribution is 4.68. The van der Waals surface area contributed by atoms with Gasteiger partial charge in [-0.3, -0.25) is 0 Å². The standard InChI is InChI=1S/C4H9N.C4H11N/c1-2-5-3-4-5;1-4-5(2)3/h2-4H2,1H3;4H2,1-3H3. The third-order valence-electron chi connectivity index (χ3n) is 1.62. The largest absolute Gasteiger partial charge is 0.310 e. The van der Waals surface area contributed by atoms with Crippen molar-refractivity contribution in [1.29, 1.82) is 0 Å². The van der Waals surface area contributed by atoms with E-state index in [-0.39, 0.29) is 0 Å². The van der Waals surface area contributed by atoms with Crippen LogP contribution in [0.25, 0.3) is 0 Å². The molecule has 0 atom stereocenters. The molecule has 1 saturated heterocycles. The third kappa shape index (κ3) is 7.92. The average Bonchev–Trinajstić information content (AvgIpc) is 2.70. The first kappa shape index (κ1) is 9.92. The minimum Gasteiger partial charge on any atom is -0.310 e. The summed E-state index contributed by atoms with van der Waals surface area (Å²) in [6, 6.07) is 0. The zero-order valence-corrected chi connectivity index (χ0v) is 7.72. The lowest BCUT2D eigenvalue weighted by atomic mass is 10.7. The second kappa shape index (κ2) is 5.69. The van der Waals surface area contributed by atoms with Crippen LogP contribution in [0, 0.1) is 0 Å². The fraction of sp³-hybridized carbons (Fsp3) is 1.00. The number of likely N-dealkylation sites (N-methyl/N-ethyl adjacent to an activating group) is 1. The van der Waals surface area contributed by atoms with E-state index in [9.17, 15) is 0 Å². The summed E-state index contributed by atoms with van der Waals surface area (Å²) in [4.78, 5) is 4.50. The monoisotopic (exact) mass is 144 g/mol. The molecule has 0 unspecified atom stereocenters. The second-order valence-corrected chi connectivity index (χ2v) is 2.83. The Bertz CT molecular complexity index is 65.7. The fourth-order valence-corrected chi connectivity index (χ4v) is 0.387. The van der Waals surface area contributed by atoms with E-state index < -0.39 is 0 Å². The highest BCUT2D eigenvalue weighted by atomic mass is 15.2. The molecule has 0 saturated carbocycles. The molecular weight excluding hydrogens is 124 g/mol. The normalized spacial score (nSPS) is 16.5. The molecule has 0 amide bonds. The topological polar surface area (TPSA) is 6.25 Å². The van der Waals surface area contributed by atoms with Crippen LogP contribution >= 0.6 is 0 Å². The van der Waals surface area contributed by atoms with Crippen LogP contribution in [0.5, 0.6) is 0 Å². The molecule has 2 nitrogen and oxygen atoms in total. The van der Waals surface area contributed by atoms with E-state index in [0.717, 1.165) is 6.54 Å². The third-order valence-corrected chi connectivity index (χ3v) is 1.62. The average molecular weight is 144 g/mol. The van der Waals surface area contributed by atoms with Crippen LogP contribution in [0.4, 0.5) is 0 Å². The highest BCUT2D eigenvalue weighted by Crippen LogP contribution is 1.98. The first-order chi connectivity index (χ1) is 4.70. The first-order valence-electron chi connectivity index (χ1n) is 4.07. The lowest BCUT2D eigenvalue weighted by molar-refractivity contribution is 0.434. The first-order valence-corrected chi connectivity index (χ1v) is 4.07. The van der Waals surface area contributed by atoms with Crippen molar-refractivity contribution in [2.45, 2.75) is 13.8 Å². The van der Waals surface area contributed by atoms with Gasteiger partial charge in [0.1, 0.15) is 0 Å². The Morgan fingerprint density at radius 3 is 1.60 bits per heavy atom. The van der Waals surface area contributed by atoms with E-state index in [0.29, 0.717) is 0 Å². The Kier molecular flexibility index (Phi) is 5.64. The summed E-state index contributed by atoms with van der Waals surface area (Å²) < 4.78 is 0. The molecule has 1 fully saturated rings. The van der Waals surface area contributed by atoms with Gasteiger partial charge in [0.25, 0.3) is 0 Å². The molecule has 0 aliphatic carbocycles. The van der Waals surface area contributed by atoms with Crippen molar-refractivity contribution in [2.24, 2.45) is 0 Å². The van der Waals surface area contributed by atoms with Crippen LogP contribution in [-0.2, 0) is 0 Å². The second-order valence-electron chi connectivity index (χ2n) is 2.83. The maximum Gasteiger partial charge on any atom is 0.0110 e. The van der Waals surface area contributed by atoms with Gasteiger partial charge in [-0.1, -0.05) is 13.8 Å². The molecule has 0 spiro atoms. The van der Waals surface area contributed by atoms with E-state index in [1.165, 1.54) is 19.6 Å². The Morgan fingerprint density at radius 1 is 1.20 bits per heavy atom. The number of hydrogen-bond acceptors (Lipinski definition) is 2. The van der Waals surface area contributed by atoms with Gasteiger partial charge in [0, 0.05) is 13.1 Å². The van der Waals surface area contributed by atoms with E-state index in [1.54, 1.807) is 0 Å². The van der Waals surface area contributed by atoms with Crippen molar-refractivity contribution in [2.75, 3.05) is 40.3 Å². The minimum atomic E-state index is 1.14. The zero-order chi connectivity index (χ0) is 7.98. The fourth-order valence-electron chi connectivity index (χ4n) is 0.387. The number of rotatable bonds is 2. The molecule has 62 valence electrons. The molecule has 0 aromatic rings. The van der Waals surface area contributed by atoms with Gasteiger partial charge in [-0.15, -0.1) is 0 Å². The molecular formula is C8H20N2. The van der Waals surface area contributed by atoms with Crippen LogP contribution < -0.4 is 0 Å². The van der Waals surface area contributed by atoms with E-state index >= 15 is 0 Å². The van der Waals surface area contributed by atoms with Crippen LogP contribution in [-0.4, -0.2) is 50.1 Å². The maximum absolute atomic E-state index is 2.38. The molecule has 0 bridgehead atoms. The molecule has 10 heavy (non-hydrogen) atoms. The minimum absolute atomic E-state index is 1.14. The molecule has 0 radical (unpaired) electrons. The van der Waals surface area contributed by atoms with Crippen molar-refractivity contribution < 1.29 is 0 Å².